The van der Waals surface area contributed by atoms with E-state index in [1.54, 1.807) is 32.3 Å². The molecule has 0 atom stereocenters. The number of nitrogens with two attached hydrogens (primary N) is 1. The van der Waals surface area contributed by atoms with E-state index < -0.39 is 0 Å². The maximum absolute atomic E-state index is 11.3. The molecule has 1 amide bonds. The first kappa shape index (κ1) is 11.9. The molecule has 0 unspecified atom stereocenters. The molecule has 16 heavy (non-hydrogen) atoms. The Hall–Kier alpha value is -2.22. The minimum Gasteiger partial charge on any atom is -0.397 e. The van der Waals surface area contributed by atoms with Crippen LogP contribution in [0.5, 0.6) is 0 Å². The van der Waals surface area contributed by atoms with Gasteiger partial charge in [-0.1, -0.05) is 0 Å². The van der Waals surface area contributed by atoms with Crippen molar-refractivity contribution in [3.8, 4) is 6.07 Å². The van der Waals surface area contributed by atoms with Crippen molar-refractivity contribution < 1.29 is 4.79 Å². The number of carbonyl (C=O) groups excluding carboxylic acids is 1. The van der Waals surface area contributed by atoms with E-state index in [-0.39, 0.29) is 12.5 Å². The van der Waals surface area contributed by atoms with E-state index in [2.05, 4.69) is 5.32 Å². The highest BCUT2D eigenvalue weighted by atomic mass is 16.2. The number of likely N-dealkylation sites (N-methyl/N-ethyl adjacent to an activating group) is 1. The summed E-state index contributed by atoms with van der Waals surface area (Å²) >= 11 is 0. The van der Waals surface area contributed by atoms with Crippen LogP contribution in [0.2, 0.25) is 0 Å². The lowest BCUT2D eigenvalue weighted by molar-refractivity contribution is -0.126. The van der Waals surface area contributed by atoms with Gasteiger partial charge in [0.2, 0.25) is 5.91 Å². The predicted octanol–water partition coefficient (Wildman–Crippen LogP) is 0.641. The van der Waals surface area contributed by atoms with Gasteiger partial charge in [0.25, 0.3) is 0 Å². The average molecular weight is 218 g/mol. The largest absolute Gasteiger partial charge is 0.397 e. The Balaban J connectivity index is 2.74. The molecular formula is C11H14N4O. The van der Waals surface area contributed by atoms with Gasteiger partial charge in [-0.3, -0.25) is 4.79 Å². The average Bonchev–Trinajstić information content (AvgIpc) is 2.27. The summed E-state index contributed by atoms with van der Waals surface area (Å²) in [5, 5.41) is 11.6. The molecule has 0 fully saturated rings. The van der Waals surface area contributed by atoms with Gasteiger partial charge in [0, 0.05) is 14.1 Å². The third kappa shape index (κ3) is 2.89. The lowest BCUT2D eigenvalue weighted by Gasteiger charge is -2.13. The first-order valence-electron chi connectivity index (χ1n) is 4.78. The molecular weight excluding hydrogens is 204 g/mol. The summed E-state index contributed by atoms with van der Waals surface area (Å²) in [6, 6.07) is 6.91. The molecule has 0 aliphatic heterocycles. The van der Waals surface area contributed by atoms with Crippen LogP contribution in [0.4, 0.5) is 11.4 Å². The molecule has 0 radical (unpaired) electrons. The van der Waals surface area contributed by atoms with Crippen LogP contribution < -0.4 is 11.1 Å². The Kier molecular flexibility index (Phi) is 3.72. The zero-order valence-corrected chi connectivity index (χ0v) is 9.32. The smallest absolute Gasteiger partial charge is 0.241 e. The minimum absolute atomic E-state index is 0.0539. The number of anilines is 2. The van der Waals surface area contributed by atoms with E-state index in [0.29, 0.717) is 16.9 Å². The SMILES string of the molecule is CN(C)C(=O)CNc1cc(C#N)ccc1N. The lowest BCUT2D eigenvalue weighted by atomic mass is 10.2. The molecule has 84 valence electrons. The quantitative estimate of drug-likeness (QED) is 0.729. The van der Waals surface area contributed by atoms with Crippen LogP contribution in [0.1, 0.15) is 5.56 Å². The number of nitrogens with zero attached hydrogens (tertiary/aromatic N) is 2. The molecule has 0 aromatic heterocycles. The summed E-state index contributed by atoms with van der Waals surface area (Å²) in [4.78, 5) is 12.8. The van der Waals surface area contributed by atoms with Gasteiger partial charge in [0.05, 0.1) is 29.6 Å². The number of nitriles is 1. The highest BCUT2D eigenvalue weighted by Crippen LogP contribution is 2.19. The summed E-state index contributed by atoms with van der Waals surface area (Å²) in [6.07, 6.45) is 0. The van der Waals surface area contributed by atoms with Gasteiger partial charge in [-0.05, 0) is 18.2 Å². The van der Waals surface area contributed by atoms with E-state index in [9.17, 15) is 4.79 Å². The van der Waals surface area contributed by atoms with Crippen LogP contribution in [0.3, 0.4) is 0 Å². The number of nitrogens with one attached hydrogen (secondary N) is 1. The third-order valence-electron chi connectivity index (χ3n) is 2.11. The van der Waals surface area contributed by atoms with Crippen molar-refractivity contribution in [2.75, 3.05) is 31.7 Å². The normalized spacial score (nSPS) is 9.31. The fourth-order valence-electron chi connectivity index (χ4n) is 1.11. The number of hydrogen-bond acceptors (Lipinski definition) is 4. The molecule has 5 nitrogen and oxygen atoms in total. The van der Waals surface area contributed by atoms with E-state index in [4.69, 9.17) is 11.0 Å². The minimum atomic E-state index is -0.0539. The fourth-order valence-corrected chi connectivity index (χ4v) is 1.11. The van der Waals surface area contributed by atoms with Gasteiger partial charge >= 0.3 is 0 Å². The van der Waals surface area contributed by atoms with Gasteiger partial charge in [-0.2, -0.15) is 5.26 Å². The number of carbonyl (C=O) groups is 1. The number of rotatable bonds is 3. The van der Waals surface area contributed by atoms with Crippen LogP contribution in [-0.2, 0) is 4.79 Å². The topological polar surface area (TPSA) is 82.2 Å². The van der Waals surface area contributed by atoms with Crippen LogP contribution in [0.15, 0.2) is 18.2 Å². The van der Waals surface area contributed by atoms with Gasteiger partial charge < -0.3 is 16.0 Å². The van der Waals surface area contributed by atoms with Crippen LogP contribution in [0.25, 0.3) is 0 Å². The maximum atomic E-state index is 11.3. The van der Waals surface area contributed by atoms with E-state index >= 15 is 0 Å². The molecule has 5 heteroatoms. The van der Waals surface area contributed by atoms with Crippen LogP contribution >= 0.6 is 0 Å². The molecule has 1 aromatic carbocycles. The van der Waals surface area contributed by atoms with Crippen molar-refractivity contribution in [3.63, 3.8) is 0 Å². The molecule has 0 saturated heterocycles. The molecule has 1 rings (SSSR count). The van der Waals surface area contributed by atoms with Gasteiger partial charge in [0.15, 0.2) is 0 Å². The fraction of sp³-hybridized carbons (Fsp3) is 0.273. The highest BCUT2D eigenvalue weighted by molar-refractivity contribution is 5.82. The number of amides is 1. The number of benzene rings is 1. The molecule has 3 N–H and O–H groups in total. The van der Waals surface area contributed by atoms with Crippen molar-refractivity contribution >= 4 is 17.3 Å². The molecule has 0 bridgehead atoms. The number of nitrogen functional groups attached to an aromatic ring is 1. The Labute approximate surface area is 94.5 Å². The Morgan fingerprint density at radius 1 is 1.56 bits per heavy atom. The predicted molar refractivity (Wildman–Crippen MR) is 62.8 cm³/mol. The first-order valence-corrected chi connectivity index (χ1v) is 4.78. The molecule has 0 aliphatic rings. The summed E-state index contributed by atoms with van der Waals surface area (Å²) in [7, 11) is 3.36. The summed E-state index contributed by atoms with van der Waals surface area (Å²) in [5.41, 5.74) is 7.34. The van der Waals surface area contributed by atoms with Crippen molar-refractivity contribution in [2.45, 2.75) is 0 Å². The van der Waals surface area contributed by atoms with Gasteiger partial charge in [-0.25, -0.2) is 0 Å². The highest BCUT2D eigenvalue weighted by Gasteiger charge is 2.05. The number of hydrogen-bond donors (Lipinski definition) is 2. The Bertz CT molecular complexity index is 434. The lowest BCUT2D eigenvalue weighted by Crippen LogP contribution is -2.28. The zero-order chi connectivity index (χ0) is 12.1. The zero-order valence-electron chi connectivity index (χ0n) is 9.32. The monoisotopic (exact) mass is 218 g/mol. The van der Waals surface area contributed by atoms with Crippen LogP contribution in [-0.4, -0.2) is 31.4 Å². The van der Waals surface area contributed by atoms with Crippen molar-refractivity contribution in [1.82, 2.24) is 4.90 Å². The van der Waals surface area contributed by atoms with Crippen molar-refractivity contribution in [3.05, 3.63) is 23.8 Å². The Morgan fingerprint density at radius 2 is 2.25 bits per heavy atom. The summed E-state index contributed by atoms with van der Waals surface area (Å²) in [5.74, 6) is -0.0539. The molecule has 1 aromatic rings. The third-order valence-corrected chi connectivity index (χ3v) is 2.11. The summed E-state index contributed by atoms with van der Waals surface area (Å²) < 4.78 is 0. The van der Waals surface area contributed by atoms with E-state index in [1.165, 1.54) is 4.90 Å². The second-order valence-electron chi connectivity index (χ2n) is 3.56. The van der Waals surface area contributed by atoms with Gasteiger partial charge in [0.1, 0.15) is 0 Å². The maximum Gasteiger partial charge on any atom is 0.241 e. The molecule has 0 saturated carbocycles. The van der Waals surface area contributed by atoms with Crippen molar-refractivity contribution in [1.29, 1.82) is 5.26 Å². The van der Waals surface area contributed by atoms with E-state index in [1.807, 2.05) is 6.07 Å². The molecule has 0 spiro atoms. The molecule has 0 aliphatic carbocycles. The molecule has 0 heterocycles. The standard InChI is InChI=1S/C11H14N4O/c1-15(2)11(16)7-14-10-5-8(6-12)3-4-9(10)13/h3-5,14H,7,13H2,1-2H3. The van der Waals surface area contributed by atoms with Crippen molar-refractivity contribution in [2.24, 2.45) is 0 Å². The van der Waals surface area contributed by atoms with Gasteiger partial charge in [-0.15, -0.1) is 0 Å². The second kappa shape index (κ2) is 5.03. The second-order valence-corrected chi connectivity index (χ2v) is 3.56. The van der Waals surface area contributed by atoms with Crippen LogP contribution in [0, 0.1) is 11.3 Å². The Morgan fingerprint density at radius 3 is 2.81 bits per heavy atom. The van der Waals surface area contributed by atoms with E-state index in [0.717, 1.165) is 0 Å². The first-order chi connectivity index (χ1) is 7.54. The summed E-state index contributed by atoms with van der Waals surface area (Å²) in [6.45, 7) is 0.159.